The molecule has 1 aromatic carbocycles. The van der Waals surface area contributed by atoms with Crippen molar-refractivity contribution in [1.29, 1.82) is 0 Å². The van der Waals surface area contributed by atoms with Gasteiger partial charge in [-0.25, -0.2) is 13.4 Å². The summed E-state index contributed by atoms with van der Waals surface area (Å²) in [6.45, 7) is 7.10. The highest BCUT2D eigenvalue weighted by Crippen LogP contribution is 2.36. The van der Waals surface area contributed by atoms with E-state index in [-0.39, 0.29) is 36.6 Å². The van der Waals surface area contributed by atoms with Crippen molar-refractivity contribution in [3.8, 4) is 5.88 Å². The molecule has 10 nitrogen and oxygen atoms in total. The zero-order chi connectivity index (χ0) is 28.5. The first kappa shape index (κ1) is 28.8. The number of piperidine rings is 1. The summed E-state index contributed by atoms with van der Waals surface area (Å²) in [6, 6.07) is 7.49. The molecule has 2 N–H and O–H groups in total. The number of hydrogen-bond acceptors (Lipinski definition) is 9. The third kappa shape index (κ3) is 6.61. The van der Waals surface area contributed by atoms with Gasteiger partial charge in [0.2, 0.25) is 21.9 Å². The second-order valence-electron chi connectivity index (χ2n) is 10.7. The van der Waals surface area contributed by atoms with E-state index in [1.54, 1.807) is 12.1 Å². The summed E-state index contributed by atoms with van der Waals surface area (Å²) in [4.78, 5) is 10.4. The fourth-order valence-electron chi connectivity index (χ4n) is 5.42. The number of rotatable bonds is 7. The molecule has 1 aromatic heterocycles. The first-order valence-corrected chi connectivity index (χ1v) is 15.0. The molecule has 40 heavy (non-hydrogen) atoms. The van der Waals surface area contributed by atoms with Gasteiger partial charge in [-0.3, -0.25) is 0 Å². The van der Waals surface area contributed by atoms with Crippen LogP contribution in [0.3, 0.4) is 0 Å². The number of hydrogen-bond donors (Lipinski definition) is 2. The molecule has 0 aliphatic carbocycles. The van der Waals surface area contributed by atoms with E-state index in [9.17, 15) is 21.6 Å². The molecule has 0 amide bonds. The molecule has 3 aliphatic heterocycles. The molecule has 3 atom stereocenters. The van der Waals surface area contributed by atoms with Crippen LogP contribution < -0.4 is 20.3 Å². The molecule has 3 saturated heterocycles. The van der Waals surface area contributed by atoms with Crippen molar-refractivity contribution in [3.05, 3.63) is 36.0 Å². The standard InChI is InChI=1S/C26H35F3N6O4S/c1-17-14-34(15-18(2)31-17)20-3-5-22(6-4-20)40(36,37)35-10-7-19(8-11-35)32-25-30-13-23(26(27,28)29)24(33-25)39-21-9-12-38-16-21/h3-6,13,17-19,21,31H,7-12,14-16H2,1-2H3,(H,30,32,33)/t17-,18+,21-/m1/s1. The van der Waals surface area contributed by atoms with Crippen LogP contribution in [0.25, 0.3) is 0 Å². The van der Waals surface area contributed by atoms with Crippen LogP contribution in [0.15, 0.2) is 35.4 Å². The second-order valence-corrected chi connectivity index (χ2v) is 12.6. The highest BCUT2D eigenvalue weighted by molar-refractivity contribution is 7.89. The monoisotopic (exact) mass is 584 g/mol. The summed E-state index contributed by atoms with van der Waals surface area (Å²) in [5.74, 6) is -0.524. The summed E-state index contributed by atoms with van der Waals surface area (Å²) in [5, 5.41) is 6.54. The van der Waals surface area contributed by atoms with Crippen molar-refractivity contribution < 1.29 is 31.1 Å². The molecular weight excluding hydrogens is 549 g/mol. The van der Waals surface area contributed by atoms with Gasteiger partial charge in [-0.15, -0.1) is 0 Å². The molecule has 5 rings (SSSR count). The maximum absolute atomic E-state index is 13.5. The van der Waals surface area contributed by atoms with E-state index in [4.69, 9.17) is 9.47 Å². The number of alkyl halides is 3. The van der Waals surface area contributed by atoms with Gasteiger partial charge < -0.3 is 25.0 Å². The minimum Gasteiger partial charge on any atom is -0.471 e. The van der Waals surface area contributed by atoms with Gasteiger partial charge >= 0.3 is 6.18 Å². The molecule has 3 fully saturated rings. The Kier molecular flexibility index (Phi) is 8.41. The van der Waals surface area contributed by atoms with E-state index in [0.29, 0.717) is 44.1 Å². The quantitative estimate of drug-likeness (QED) is 0.508. The zero-order valence-electron chi connectivity index (χ0n) is 22.5. The lowest BCUT2D eigenvalue weighted by atomic mass is 10.1. The van der Waals surface area contributed by atoms with Crippen LogP contribution in [0, 0.1) is 0 Å². The SMILES string of the molecule is C[C@@H]1CN(c2ccc(S(=O)(=O)N3CCC(Nc4ncc(C(F)(F)F)c(O[C@@H]5CCOC5)n4)CC3)cc2)C[C@H](C)N1. The number of nitrogens with one attached hydrogen (secondary N) is 2. The fourth-order valence-corrected chi connectivity index (χ4v) is 6.89. The van der Waals surface area contributed by atoms with E-state index < -0.39 is 33.7 Å². The molecule has 0 spiro atoms. The van der Waals surface area contributed by atoms with Gasteiger partial charge in [0, 0.05) is 62.6 Å². The normalized spacial score (nSPS) is 25.2. The fraction of sp³-hybridized carbons (Fsp3) is 0.615. The van der Waals surface area contributed by atoms with E-state index >= 15 is 0 Å². The third-order valence-corrected chi connectivity index (χ3v) is 9.32. The largest absolute Gasteiger partial charge is 0.471 e. The van der Waals surface area contributed by atoms with Gasteiger partial charge in [0.15, 0.2) is 0 Å². The average molecular weight is 585 g/mol. The summed E-state index contributed by atoms with van der Waals surface area (Å²) in [5.41, 5.74) is -0.0553. The molecule has 0 bridgehead atoms. The van der Waals surface area contributed by atoms with Gasteiger partial charge in [-0.1, -0.05) is 0 Å². The van der Waals surface area contributed by atoms with E-state index in [1.165, 1.54) is 4.31 Å². The molecule has 14 heteroatoms. The lowest BCUT2D eigenvalue weighted by Gasteiger charge is -2.37. The highest BCUT2D eigenvalue weighted by Gasteiger charge is 2.38. The molecule has 0 saturated carbocycles. The first-order valence-electron chi connectivity index (χ1n) is 13.6. The van der Waals surface area contributed by atoms with E-state index in [0.717, 1.165) is 18.8 Å². The van der Waals surface area contributed by atoms with E-state index in [1.807, 2.05) is 12.1 Å². The summed E-state index contributed by atoms with van der Waals surface area (Å²) >= 11 is 0. The number of nitrogens with zero attached hydrogens (tertiary/aromatic N) is 4. The Bertz CT molecular complexity index is 1260. The molecule has 220 valence electrons. The van der Waals surface area contributed by atoms with Crippen LogP contribution in [0.1, 0.15) is 38.7 Å². The number of halogens is 3. The maximum Gasteiger partial charge on any atom is 0.423 e. The summed E-state index contributed by atoms with van der Waals surface area (Å²) < 4.78 is 79.2. The third-order valence-electron chi connectivity index (χ3n) is 7.41. The van der Waals surface area contributed by atoms with Crippen molar-refractivity contribution in [2.24, 2.45) is 0 Å². The molecular formula is C26H35F3N6O4S. The molecule has 4 heterocycles. The molecule has 0 radical (unpaired) electrons. The minimum absolute atomic E-state index is 0.00959. The van der Waals surface area contributed by atoms with Crippen molar-refractivity contribution in [1.82, 2.24) is 19.6 Å². The number of benzene rings is 1. The van der Waals surface area contributed by atoms with Crippen LogP contribution in [0.5, 0.6) is 5.88 Å². The number of aromatic nitrogens is 2. The Hall–Kier alpha value is -2.68. The van der Waals surface area contributed by atoms with Crippen LogP contribution in [-0.4, -0.2) is 86.3 Å². The topological polar surface area (TPSA) is 109 Å². The van der Waals surface area contributed by atoms with Crippen LogP contribution in [0.2, 0.25) is 0 Å². The Morgan fingerprint density at radius 2 is 1.75 bits per heavy atom. The van der Waals surface area contributed by atoms with Crippen molar-refractivity contribution >= 4 is 21.7 Å². The Morgan fingerprint density at radius 3 is 2.35 bits per heavy atom. The summed E-state index contributed by atoms with van der Waals surface area (Å²) in [7, 11) is -3.68. The highest BCUT2D eigenvalue weighted by atomic mass is 32.2. The van der Waals surface area contributed by atoms with Gasteiger partial charge in [-0.05, 0) is 51.0 Å². The number of piperazine rings is 1. The van der Waals surface area contributed by atoms with E-state index in [2.05, 4.69) is 39.3 Å². The van der Waals surface area contributed by atoms with Crippen molar-refractivity contribution in [3.63, 3.8) is 0 Å². The van der Waals surface area contributed by atoms with Gasteiger partial charge in [0.1, 0.15) is 11.7 Å². The maximum atomic E-state index is 13.5. The smallest absolute Gasteiger partial charge is 0.423 e. The van der Waals surface area contributed by atoms with Crippen LogP contribution in [-0.2, 0) is 20.9 Å². The number of anilines is 2. The first-order chi connectivity index (χ1) is 19.0. The lowest BCUT2D eigenvalue weighted by molar-refractivity contribution is -0.139. The van der Waals surface area contributed by atoms with Gasteiger partial charge in [0.05, 0.1) is 18.1 Å². The van der Waals surface area contributed by atoms with Gasteiger partial charge in [0.25, 0.3) is 0 Å². The van der Waals surface area contributed by atoms with Crippen LogP contribution >= 0.6 is 0 Å². The Balaban J connectivity index is 1.20. The molecule has 3 aliphatic rings. The number of ether oxygens (including phenoxy) is 2. The van der Waals surface area contributed by atoms with Crippen LogP contribution in [0.4, 0.5) is 24.8 Å². The predicted octanol–water partition coefficient (Wildman–Crippen LogP) is 3.11. The zero-order valence-corrected chi connectivity index (χ0v) is 23.3. The average Bonchev–Trinajstić information content (AvgIpc) is 3.41. The van der Waals surface area contributed by atoms with Crippen molar-refractivity contribution in [2.75, 3.05) is 49.6 Å². The second kappa shape index (κ2) is 11.7. The Labute approximate surface area is 232 Å². The Morgan fingerprint density at radius 1 is 1.07 bits per heavy atom. The predicted molar refractivity (Wildman–Crippen MR) is 143 cm³/mol. The molecule has 0 unspecified atom stereocenters. The van der Waals surface area contributed by atoms with Crippen molar-refractivity contribution in [2.45, 2.75) is 68.4 Å². The minimum atomic E-state index is -4.66. The molecule has 2 aromatic rings. The number of sulfonamides is 1. The van der Waals surface area contributed by atoms with Gasteiger partial charge in [-0.2, -0.15) is 22.5 Å². The summed E-state index contributed by atoms with van der Waals surface area (Å²) in [6.07, 6.45) is -3.07. The lowest BCUT2D eigenvalue weighted by Crippen LogP contribution is -2.54.